The number of ether oxygens (including phenoxy) is 1. The summed E-state index contributed by atoms with van der Waals surface area (Å²) in [6.07, 6.45) is 0.970. The van der Waals surface area contributed by atoms with E-state index in [9.17, 15) is 14.0 Å². The first-order valence-corrected chi connectivity index (χ1v) is 9.98. The van der Waals surface area contributed by atoms with E-state index in [-0.39, 0.29) is 18.1 Å². The van der Waals surface area contributed by atoms with Crippen LogP contribution in [0.25, 0.3) is 11.2 Å². The van der Waals surface area contributed by atoms with Gasteiger partial charge in [0.25, 0.3) is 0 Å². The minimum atomic E-state index is -0.674. The number of carbonyl (C=O) groups is 2. The highest BCUT2D eigenvalue weighted by Gasteiger charge is 2.17. The Morgan fingerprint density at radius 2 is 2.00 bits per heavy atom. The first kappa shape index (κ1) is 22.5. The highest BCUT2D eigenvalue weighted by atomic mass is 35.5. The summed E-state index contributed by atoms with van der Waals surface area (Å²) in [6, 6.07) is 8.04. The van der Waals surface area contributed by atoms with Gasteiger partial charge in [-0.25, -0.2) is 19.2 Å². The largest absolute Gasteiger partial charge is 0.444 e. The van der Waals surface area contributed by atoms with Gasteiger partial charge in [-0.05, 0) is 50.6 Å². The molecule has 2 heterocycles. The zero-order valence-corrected chi connectivity index (χ0v) is 18.2. The van der Waals surface area contributed by atoms with E-state index in [0.717, 1.165) is 5.56 Å². The number of rotatable bonds is 6. The topological polar surface area (TPSA) is 98.1 Å². The average Bonchev–Trinajstić information content (AvgIpc) is 3.04. The Bertz CT molecular complexity index is 1110. The van der Waals surface area contributed by atoms with Crippen molar-refractivity contribution in [1.29, 1.82) is 0 Å². The number of amides is 2. The number of halogens is 2. The maximum Gasteiger partial charge on any atom is 0.408 e. The third-order valence-corrected chi connectivity index (χ3v) is 4.43. The first-order valence-electron chi connectivity index (χ1n) is 9.60. The maximum atomic E-state index is 13.5. The van der Waals surface area contributed by atoms with Crippen LogP contribution in [0.1, 0.15) is 32.2 Å². The molecule has 0 aliphatic carbocycles. The molecule has 2 aromatic heterocycles. The number of nitrogens with one attached hydrogen (secondary N) is 2. The first-order chi connectivity index (χ1) is 14.6. The highest BCUT2D eigenvalue weighted by Crippen LogP contribution is 2.20. The van der Waals surface area contributed by atoms with Crippen LogP contribution >= 0.6 is 11.6 Å². The molecule has 0 aliphatic heterocycles. The second-order valence-electron chi connectivity index (χ2n) is 7.84. The maximum absolute atomic E-state index is 13.5. The molecule has 0 bridgehead atoms. The third-order valence-electron chi connectivity index (χ3n) is 4.14. The van der Waals surface area contributed by atoms with Crippen molar-refractivity contribution in [3.05, 3.63) is 58.8 Å². The average molecular weight is 448 g/mol. The van der Waals surface area contributed by atoms with Crippen molar-refractivity contribution in [3.8, 4) is 0 Å². The number of imidazole rings is 1. The quantitative estimate of drug-likeness (QED) is 0.603. The summed E-state index contributed by atoms with van der Waals surface area (Å²) in [5, 5.41) is 5.15. The van der Waals surface area contributed by atoms with Crippen molar-refractivity contribution < 1.29 is 18.7 Å². The molecule has 10 heteroatoms. The minimum Gasteiger partial charge on any atom is -0.444 e. The summed E-state index contributed by atoms with van der Waals surface area (Å²) >= 11 is 5.90. The van der Waals surface area contributed by atoms with Crippen LogP contribution in [0.5, 0.6) is 0 Å². The van der Waals surface area contributed by atoms with Crippen molar-refractivity contribution in [2.75, 3.05) is 6.54 Å². The molecule has 2 amide bonds. The van der Waals surface area contributed by atoms with Gasteiger partial charge in [0.2, 0.25) is 5.91 Å². The number of alkyl carbamates (subject to hydrolysis) is 1. The van der Waals surface area contributed by atoms with E-state index in [1.165, 1.54) is 6.07 Å². The number of pyridine rings is 1. The molecule has 0 radical (unpaired) electrons. The Morgan fingerprint density at radius 3 is 2.71 bits per heavy atom. The lowest BCUT2D eigenvalue weighted by atomic mass is 10.2. The molecule has 0 saturated heterocycles. The van der Waals surface area contributed by atoms with Crippen LogP contribution in [0.3, 0.4) is 0 Å². The normalized spacial score (nSPS) is 11.4. The van der Waals surface area contributed by atoms with E-state index in [1.807, 2.05) is 10.6 Å². The Morgan fingerprint density at radius 1 is 1.23 bits per heavy atom. The number of hydrogen-bond acceptors (Lipinski definition) is 5. The van der Waals surface area contributed by atoms with Crippen molar-refractivity contribution in [1.82, 2.24) is 25.2 Å². The molecule has 0 aliphatic rings. The van der Waals surface area contributed by atoms with Crippen molar-refractivity contribution in [2.24, 2.45) is 0 Å². The number of benzene rings is 1. The van der Waals surface area contributed by atoms with Gasteiger partial charge in [-0.1, -0.05) is 17.7 Å². The zero-order chi connectivity index (χ0) is 22.6. The molecule has 164 valence electrons. The lowest BCUT2D eigenvalue weighted by molar-refractivity contribution is -0.120. The lowest BCUT2D eigenvalue weighted by Gasteiger charge is -2.19. The van der Waals surface area contributed by atoms with Crippen molar-refractivity contribution >= 4 is 34.8 Å². The van der Waals surface area contributed by atoms with Crippen LogP contribution in [0.4, 0.5) is 9.18 Å². The van der Waals surface area contributed by atoms with Gasteiger partial charge in [0.1, 0.15) is 29.3 Å². The summed E-state index contributed by atoms with van der Waals surface area (Å²) in [7, 11) is 0. The van der Waals surface area contributed by atoms with Crippen LogP contribution in [0.2, 0.25) is 5.02 Å². The standard InChI is InChI=1S/C21H23ClFN5O3/c1-21(2,3)31-20(30)26-11-18(29)25-10-17-27-16-5-4-8-24-19(16)28(17)12-13-6-7-15(23)14(22)9-13/h4-9H,10-12H2,1-3H3,(H,25,29)(H,26,30). The predicted octanol–water partition coefficient (Wildman–Crippen LogP) is 3.41. The number of fused-ring (bicyclic) bond motifs is 1. The Kier molecular flexibility index (Phi) is 6.74. The monoisotopic (exact) mass is 447 g/mol. The van der Waals surface area contributed by atoms with E-state index in [1.54, 1.807) is 45.2 Å². The predicted molar refractivity (Wildman–Crippen MR) is 114 cm³/mol. The van der Waals surface area contributed by atoms with Gasteiger partial charge in [0.15, 0.2) is 5.65 Å². The van der Waals surface area contributed by atoms with Gasteiger partial charge in [0.05, 0.1) is 18.1 Å². The van der Waals surface area contributed by atoms with Crippen LogP contribution in [-0.4, -0.2) is 38.7 Å². The van der Waals surface area contributed by atoms with E-state index >= 15 is 0 Å². The fourth-order valence-corrected chi connectivity index (χ4v) is 3.04. The molecule has 3 rings (SSSR count). The third kappa shape index (κ3) is 6.14. The van der Waals surface area contributed by atoms with Crippen LogP contribution in [-0.2, 0) is 22.6 Å². The van der Waals surface area contributed by atoms with Gasteiger partial charge >= 0.3 is 6.09 Å². The minimum absolute atomic E-state index is 0.0259. The zero-order valence-electron chi connectivity index (χ0n) is 17.4. The van der Waals surface area contributed by atoms with Crippen molar-refractivity contribution in [2.45, 2.75) is 39.5 Å². The molecule has 0 saturated carbocycles. The second kappa shape index (κ2) is 9.30. The van der Waals surface area contributed by atoms with Crippen LogP contribution < -0.4 is 10.6 Å². The molecule has 2 N–H and O–H groups in total. The van der Waals surface area contributed by atoms with E-state index in [4.69, 9.17) is 16.3 Å². The molecule has 8 nitrogen and oxygen atoms in total. The fraction of sp³-hybridized carbons (Fsp3) is 0.333. The number of nitrogens with zero attached hydrogens (tertiary/aromatic N) is 3. The smallest absolute Gasteiger partial charge is 0.408 e. The molecular formula is C21H23ClFN5O3. The molecule has 1 aromatic carbocycles. The molecule has 0 unspecified atom stereocenters. The van der Waals surface area contributed by atoms with E-state index < -0.39 is 23.4 Å². The summed E-state index contributed by atoms with van der Waals surface area (Å²) in [5.74, 6) is -0.342. The summed E-state index contributed by atoms with van der Waals surface area (Å²) in [4.78, 5) is 32.7. The number of aromatic nitrogens is 3. The lowest BCUT2D eigenvalue weighted by Crippen LogP contribution is -2.39. The molecular weight excluding hydrogens is 425 g/mol. The fourth-order valence-electron chi connectivity index (χ4n) is 2.83. The Balaban J connectivity index is 1.70. The molecule has 0 spiro atoms. The van der Waals surface area contributed by atoms with Gasteiger partial charge in [-0.2, -0.15) is 0 Å². The second-order valence-corrected chi connectivity index (χ2v) is 8.25. The summed E-state index contributed by atoms with van der Waals surface area (Å²) < 4.78 is 20.4. The molecule has 31 heavy (non-hydrogen) atoms. The number of carbonyl (C=O) groups excluding carboxylic acids is 2. The van der Waals surface area contributed by atoms with Crippen LogP contribution in [0.15, 0.2) is 36.5 Å². The Labute approximate surface area is 183 Å². The SMILES string of the molecule is CC(C)(C)OC(=O)NCC(=O)NCc1nc2cccnc2n1Cc1ccc(F)c(Cl)c1. The molecule has 3 aromatic rings. The van der Waals surface area contributed by atoms with Gasteiger partial charge in [-0.3, -0.25) is 4.79 Å². The van der Waals surface area contributed by atoms with E-state index in [2.05, 4.69) is 20.6 Å². The molecule has 0 fully saturated rings. The highest BCUT2D eigenvalue weighted by molar-refractivity contribution is 6.30. The number of hydrogen-bond donors (Lipinski definition) is 2. The molecule has 0 atom stereocenters. The van der Waals surface area contributed by atoms with Gasteiger partial charge < -0.3 is 19.9 Å². The summed E-state index contributed by atoms with van der Waals surface area (Å²) in [6.45, 7) is 5.42. The van der Waals surface area contributed by atoms with Crippen LogP contribution in [0, 0.1) is 5.82 Å². The van der Waals surface area contributed by atoms with Gasteiger partial charge in [0, 0.05) is 6.20 Å². The van der Waals surface area contributed by atoms with Gasteiger partial charge in [-0.15, -0.1) is 0 Å². The Hall–Kier alpha value is -3.20. The van der Waals surface area contributed by atoms with E-state index in [0.29, 0.717) is 23.5 Å². The van der Waals surface area contributed by atoms with Crippen molar-refractivity contribution in [3.63, 3.8) is 0 Å². The summed E-state index contributed by atoms with van der Waals surface area (Å²) in [5.41, 5.74) is 1.39.